The number of amides is 1. The van der Waals surface area contributed by atoms with Crippen LogP contribution in [0.5, 0.6) is 0 Å². The highest BCUT2D eigenvalue weighted by Crippen LogP contribution is 2.21. The van der Waals surface area contributed by atoms with Gasteiger partial charge in [0.2, 0.25) is 5.91 Å². The second kappa shape index (κ2) is 6.69. The molecular formula is C15H17N3O3. The van der Waals surface area contributed by atoms with E-state index >= 15 is 0 Å². The lowest BCUT2D eigenvalue weighted by molar-refractivity contribution is -0.144. The molecule has 0 bridgehead atoms. The summed E-state index contributed by atoms with van der Waals surface area (Å²) in [7, 11) is 0. The number of hydrogen-bond donors (Lipinski definition) is 1. The second-order valence-corrected chi connectivity index (χ2v) is 4.42. The highest BCUT2D eigenvalue weighted by Gasteiger charge is 2.13. The van der Waals surface area contributed by atoms with E-state index in [0.717, 1.165) is 5.56 Å². The summed E-state index contributed by atoms with van der Waals surface area (Å²) < 4.78 is 6.34. The van der Waals surface area contributed by atoms with Gasteiger partial charge < -0.3 is 10.1 Å². The van der Waals surface area contributed by atoms with Crippen LogP contribution in [-0.4, -0.2) is 28.3 Å². The van der Waals surface area contributed by atoms with E-state index in [0.29, 0.717) is 18.1 Å². The topological polar surface area (TPSA) is 73.2 Å². The lowest BCUT2D eigenvalue weighted by atomic mass is 10.2. The molecule has 1 heterocycles. The number of carbonyl (C=O) groups is 2. The van der Waals surface area contributed by atoms with Gasteiger partial charge in [-0.1, -0.05) is 30.3 Å². The van der Waals surface area contributed by atoms with Crippen LogP contribution in [-0.2, 0) is 20.9 Å². The molecule has 21 heavy (non-hydrogen) atoms. The van der Waals surface area contributed by atoms with E-state index in [-0.39, 0.29) is 12.5 Å². The Morgan fingerprint density at radius 1 is 1.29 bits per heavy atom. The first-order valence-electron chi connectivity index (χ1n) is 6.66. The number of carbonyl (C=O) groups excluding carboxylic acids is 2. The van der Waals surface area contributed by atoms with Gasteiger partial charge in [-0.2, -0.15) is 5.10 Å². The zero-order valence-corrected chi connectivity index (χ0v) is 12.0. The number of esters is 1. The van der Waals surface area contributed by atoms with E-state index < -0.39 is 5.97 Å². The summed E-state index contributed by atoms with van der Waals surface area (Å²) in [5.74, 6) is -0.152. The average molecular weight is 287 g/mol. The first-order chi connectivity index (χ1) is 10.1. The van der Waals surface area contributed by atoms with Crippen molar-refractivity contribution in [2.45, 2.75) is 20.4 Å². The van der Waals surface area contributed by atoms with Gasteiger partial charge in [-0.05, 0) is 6.92 Å². The molecule has 0 unspecified atom stereocenters. The van der Waals surface area contributed by atoms with Crippen LogP contribution < -0.4 is 5.32 Å². The minimum Gasteiger partial charge on any atom is -0.465 e. The number of ether oxygens (including phenoxy) is 1. The van der Waals surface area contributed by atoms with Crippen LogP contribution in [0.1, 0.15) is 13.8 Å². The smallest absolute Gasteiger partial charge is 0.327 e. The van der Waals surface area contributed by atoms with Gasteiger partial charge in [0.1, 0.15) is 12.4 Å². The van der Waals surface area contributed by atoms with E-state index in [4.69, 9.17) is 4.74 Å². The quantitative estimate of drug-likeness (QED) is 0.854. The van der Waals surface area contributed by atoms with Crippen molar-refractivity contribution in [3.63, 3.8) is 0 Å². The van der Waals surface area contributed by atoms with Crippen molar-refractivity contribution in [3.8, 4) is 11.3 Å². The molecule has 0 atom stereocenters. The first-order valence-corrected chi connectivity index (χ1v) is 6.66. The molecule has 1 aromatic carbocycles. The fourth-order valence-corrected chi connectivity index (χ4v) is 1.90. The summed E-state index contributed by atoms with van der Waals surface area (Å²) >= 11 is 0. The number of nitrogens with one attached hydrogen (secondary N) is 1. The van der Waals surface area contributed by atoms with E-state index in [2.05, 4.69) is 10.4 Å². The van der Waals surface area contributed by atoms with Crippen molar-refractivity contribution in [3.05, 3.63) is 36.4 Å². The van der Waals surface area contributed by atoms with Gasteiger partial charge in [-0.15, -0.1) is 0 Å². The van der Waals surface area contributed by atoms with E-state index in [1.165, 1.54) is 11.6 Å². The number of nitrogens with zero attached hydrogens (tertiary/aromatic N) is 2. The van der Waals surface area contributed by atoms with Crippen LogP contribution in [0.2, 0.25) is 0 Å². The van der Waals surface area contributed by atoms with Gasteiger partial charge in [-0.25, -0.2) is 4.68 Å². The number of hydrogen-bond acceptors (Lipinski definition) is 4. The molecular weight excluding hydrogens is 270 g/mol. The van der Waals surface area contributed by atoms with Crippen LogP contribution in [0.3, 0.4) is 0 Å². The highest BCUT2D eigenvalue weighted by molar-refractivity contribution is 5.88. The van der Waals surface area contributed by atoms with Crippen LogP contribution >= 0.6 is 0 Å². The highest BCUT2D eigenvalue weighted by atomic mass is 16.5. The average Bonchev–Trinajstić information content (AvgIpc) is 2.82. The molecule has 0 aliphatic carbocycles. The van der Waals surface area contributed by atoms with Crippen molar-refractivity contribution < 1.29 is 14.3 Å². The third kappa shape index (κ3) is 3.92. The number of benzene rings is 1. The summed E-state index contributed by atoms with van der Waals surface area (Å²) in [6, 6.07) is 11.3. The van der Waals surface area contributed by atoms with Crippen molar-refractivity contribution in [1.82, 2.24) is 9.78 Å². The molecule has 0 saturated heterocycles. The lowest BCUT2D eigenvalue weighted by Gasteiger charge is -2.06. The third-order valence-corrected chi connectivity index (χ3v) is 2.74. The maximum atomic E-state index is 11.6. The van der Waals surface area contributed by atoms with E-state index in [1.807, 2.05) is 30.3 Å². The minimum absolute atomic E-state index is 0.0454. The standard InChI is InChI=1S/C15H17N3O3/c1-3-21-15(20)10-18-14(16-11(2)19)9-13(17-18)12-7-5-4-6-8-12/h4-9H,3,10H2,1-2H3,(H,16,19). The van der Waals surface area contributed by atoms with Gasteiger partial charge >= 0.3 is 5.97 Å². The summed E-state index contributed by atoms with van der Waals surface area (Å²) in [4.78, 5) is 22.9. The Balaban J connectivity index is 2.31. The Morgan fingerprint density at radius 3 is 2.62 bits per heavy atom. The van der Waals surface area contributed by atoms with Gasteiger partial charge in [0.25, 0.3) is 0 Å². The molecule has 1 aromatic heterocycles. The lowest BCUT2D eigenvalue weighted by Crippen LogP contribution is -2.18. The number of aromatic nitrogens is 2. The van der Waals surface area contributed by atoms with Crippen LogP contribution in [0, 0.1) is 0 Å². The van der Waals surface area contributed by atoms with E-state index in [1.54, 1.807) is 13.0 Å². The molecule has 0 fully saturated rings. The molecule has 0 aliphatic heterocycles. The van der Waals surface area contributed by atoms with Crippen LogP contribution in [0.25, 0.3) is 11.3 Å². The fraction of sp³-hybridized carbons (Fsp3) is 0.267. The molecule has 110 valence electrons. The van der Waals surface area contributed by atoms with Gasteiger partial charge in [0.05, 0.1) is 12.3 Å². The molecule has 1 amide bonds. The Hall–Kier alpha value is -2.63. The molecule has 0 radical (unpaired) electrons. The Bertz CT molecular complexity index is 635. The molecule has 6 heteroatoms. The Morgan fingerprint density at radius 2 is 2.00 bits per heavy atom. The van der Waals surface area contributed by atoms with E-state index in [9.17, 15) is 9.59 Å². The monoisotopic (exact) mass is 287 g/mol. The SMILES string of the molecule is CCOC(=O)Cn1nc(-c2ccccc2)cc1NC(C)=O. The zero-order chi connectivity index (χ0) is 15.2. The predicted molar refractivity (Wildman–Crippen MR) is 78.6 cm³/mol. The fourth-order valence-electron chi connectivity index (χ4n) is 1.90. The van der Waals surface area contributed by atoms with Crippen molar-refractivity contribution in [1.29, 1.82) is 0 Å². The number of anilines is 1. The van der Waals surface area contributed by atoms with Crippen LogP contribution in [0.15, 0.2) is 36.4 Å². The molecule has 0 saturated carbocycles. The summed E-state index contributed by atoms with van der Waals surface area (Å²) in [6.45, 7) is 3.41. The largest absolute Gasteiger partial charge is 0.465 e. The Labute approximate surface area is 122 Å². The molecule has 0 spiro atoms. The number of rotatable bonds is 5. The summed E-state index contributed by atoms with van der Waals surface area (Å²) in [6.07, 6.45) is 0. The molecule has 6 nitrogen and oxygen atoms in total. The third-order valence-electron chi connectivity index (χ3n) is 2.74. The van der Waals surface area contributed by atoms with Crippen molar-refractivity contribution in [2.24, 2.45) is 0 Å². The maximum Gasteiger partial charge on any atom is 0.327 e. The van der Waals surface area contributed by atoms with Crippen molar-refractivity contribution >= 4 is 17.7 Å². The predicted octanol–water partition coefficient (Wildman–Crippen LogP) is 2.07. The summed E-state index contributed by atoms with van der Waals surface area (Å²) in [5, 5.41) is 7.02. The molecule has 2 rings (SSSR count). The Kier molecular flexibility index (Phi) is 4.71. The van der Waals surface area contributed by atoms with Crippen molar-refractivity contribution in [2.75, 3.05) is 11.9 Å². The first kappa shape index (κ1) is 14.8. The van der Waals surface area contributed by atoms with Gasteiger partial charge in [0, 0.05) is 18.6 Å². The van der Waals surface area contributed by atoms with Crippen LogP contribution in [0.4, 0.5) is 5.82 Å². The summed E-state index contributed by atoms with van der Waals surface area (Å²) in [5.41, 5.74) is 1.59. The molecule has 0 aliphatic rings. The normalized spacial score (nSPS) is 10.2. The zero-order valence-electron chi connectivity index (χ0n) is 12.0. The van der Waals surface area contributed by atoms with Gasteiger partial charge in [-0.3, -0.25) is 9.59 Å². The molecule has 2 aromatic rings. The molecule has 1 N–H and O–H groups in total. The van der Waals surface area contributed by atoms with Gasteiger partial charge in [0.15, 0.2) is 0 Å². The maximum absolute atomic E-state index is 11.6. The second-order valence-electron chi connectivity index (χ2n) is 4.42. The minimum atomic E-state index is -0.396.